The largest absolute Gasteiger partial charge is 0.478 e. The molecule has 2 rings (SSSR count). The summed E-state index contributed by atoms with van der Waals surface area (Å²) in [6.45, 7) is 0. The van der Waals surface area contributed by atoms with Crippen molar-refractivity contribution >= 4 is 23.8 Å². The van der Waals surface area contributed by atoms with Crippen molar-refractivity contribution in [3.63, 3.8) is 0 Å². The van der Waals surface area contributed by atoms with Crippen molar-refractivity contribution < 1.29 is 29.4 Å². The van der Waals surface area contributed by atoms with Crippen LogP contribution in [0.15, 0.2) is 48.5 Å². The van der Waals surface area contributed by atoms with Crippen LogP contribution >= 0.6 is 0 Å². The molecule has 0 saturated heterocycles. The first-order valence-electron chi connectivity index (χ1n) is 6.49. The van der Waals surface area contributed by atoms with Crippen molar-refractivity contribution in [2.75, 3.05) is 0 Å². The number of carbonyl (C=O) groups is 4. The summed E-state index contributed by atoms with van der Waals surface area (Å²) in [6, 6.07) is 11.2. The van der Waals surface area contributed by atoms with Gasteiger partial charge in [-0.25, -0.2) is 9.59 Å². The Bertz CT molecular complexity index is 717. The molecule has 0 atom stereocenters. The van der Waals surface area contributed by atoms with Crippen molar-refractivity contribution in [2.45, 2.75) is 0 Å². The topological polar surface area (TPSA) is 161 Å². The lowest BCUT2D eigenvalue weighted by Crippen LogP contribution is -2.15. The zero-order valence-corrected chi connectivity index (χ0v) is 12.3. The average molecular weight is 330 g/mol. The van der Waals surface area contributed by atoms with Crippen LogP contribution in [0.3, 0.4) is 0 Å². The first kappa shape index (κ1) is 18.4. The lowest BCUT2D eigenvalue weighted by atomic mass is 10.1. The molecule has 0 radical (unpaired) electrons. The second kappa shape index (κ2) is 8.08. The summed E-state index contributed by atoms with van der Waals surface area (Å²) in [6.07, 6.45) is 0. The highest BCUT2D eigenvalue weighted by Gasteiger charge is 2.12. The number of carboxylic acids is 2. The fourth-order valence-electron chi connectivity index (χ4n) is 1.66. The highest BCUT2D eigenvalue weighted by atomic mass is 16.4. The quantitative estimate of drug-likeness (QED) is 0.653. The maximum atomic E-state index is 10.7. The minimum absolute atomic E-state index is 0.0324. The van der Waals surface area contributed by atoms with Crippen LogP contribution in [0.5, 0.6) is 0 Å². The lowest BCUT2D eigenvalue weighted by Gasteiger charge is -1.99. The van der Waals surface area contributed by atoms with E-state index in [0.717, 1.165) is 0 Å². The van der Waals surface area contributed by atoms with E-state index in [1.54, 1.807) is 6.07 Å². The molecule has 2 aromatic carbocycles. The zero-order chi connectivity index (χ0) is 18.3. The van der Waals surface area contributed by atoms with Gasteiger partial charge in [0, 0.05) is 5.56 Å². The van der Waals surface area contributed by atoms with Gasteiger partial charge in [0.1, 0.15) is 0 Å². The summed E-state index contributed by atoms with van der Waals surface area (Å²) in [5.74, 6) is -3.46. The van der Waals surface area contributed by atoms with E-state index in [1.807, 2.05) is 0 Å². The smallest absolute Gasteiger partial charge is 0.336 e. The van der Waals surface area contributed by atoms with Crippen LogP contribution in [0.4, 0.5) is 0 Å². The number of nitrogens with two attached hydrogens (primary N) is 2. The molecule has 2 amide bonds. The number of aromatic carboxylic acids is 2. The van der Waals surface area contributed by atoms with Crippen LogP contribution < -0.4 is 11.5 Å². The summed E-state index contributed by atoms with van der Waals surface area (Å²) in [7, 11) is 0. The Hall–Kier alpha value is -3.68. The van der Waals surface area contributed by atoms with Crippen LogP contribution in [0, 0.1) is 0 Å². The first-order valence-corrected chi connectivity index (χ1v) is 6.49. The third kappa shape index (κ3) is 4.95. The molecule has 0 heterocycles. The Morgan fingerprint density at radius 1 is 0.625 bits per heavy atom. The van der Waals surface area contributed by atoms with Gasteiger partial charge in [-0.1, -0.05) is 12.1 Å². The second-order valence-electron chi connectivity index (χ2n) is 4.46. The minimum Gasteiger partial charge on any atom is -0.478 e. The number of primary amides is 2. The molecule has 0 aliphatic rings. The van der Waals surface area contributed by atoms with Gasteiger partial charge in [0.2, 0.25) is 11.8 Å². The third-order valence-corrected chi connectivity index (χ3v) is 2.84. The number of hydrogen-bond donors (Lipinski definition) is 4. The second-order valence-corrected chi connectivity index (χ2v) is 4.46. The predicted octanol–water partition coefficient (Wildman–Crippen LogP) is 0.967. The molecule has 0 saturated carbocycles. The van der Waals surface area contributed by atoms with E-state index in [2.05, 4.69) is 0 Å². The van der Waals surface area contributed by atoms with Crippen molar-refractivity contribution in [3.05, 3.63) is 70.8 Å². The van der Waals surface area contributed by atoms with Crippen LogP contribution in [0.25, 0.3) is 0 Å². The zero-order valence-electron chi connectivity index (χ0n) is 12.3. The summed E-state index contributed by atoms with van der Waals surface area (Å²) in [5, 5.41) is 17.1. The van der Waals surface area contributed by atoms with Gasteiger partial charge in [0.05, 0.1) is 16.7 Å². The van der Waals surface area contributed by atoms with Gasteiger partial charge < -0.3 is 21.7 Å². The van der Waals surface area contributed by atoms with E-state index in [1.165, 1.54) is 42.5 Å². The summed E-state index contributed by atoms with van der Waals surface area (Å²) < 4.78 is 0. The normalized spacial score (nSPS) is 9.33. The molecule has 8 nitrogen and oxygen atoms in total. The standard InChI is InChI=1S/2C8H7NO3/c9-7(10)5-1-3-6(4-2-5)8(11)12;9-7(10)5-3-1-2-4-6(5)8(11)12/h2*1-4H,(H2,9,10)(H,11,12). The molecule has 8 heteroatoms. The number of benzene rings is 2. The number of carboxylic acid groups (broad SMARTS) is 2. The fourth-order valence-corrected chi connectivity index (χ4v) is 1.66. The van der Waals surface area contributed by atoms with E-state index in [4.69, 9.17) is 21.7 Å². The molecule has 0 bridgehead atoms. The average Bonchev–Trinajstić information content (AvgIpc) is 2.55. The molecule has 24 heavy (non-hydrogen) atoms. The number of rotatable bonds is 4. The minimum atomic E-state index is -1.15. The van der Waals surface area contributed by atoms with Gasteiger partial charge in [-0.15, -0.1) is 0 Å². The van der Waals surface area contributed by atoms with Crippen molar-refractivity contribution in [1.29, 1.82) is 0 Å². The molecule has 6 N–H and O–H groups in total. The Labute approximate surface area is 136 Å². The highest BCUT2D eigenvalue weighted by Crippen LogP contribution is 2.07. The molecule has 0 spiro atoms. The molecule has 0 aliphatic heterocycles. The summed E-state index contributed by atoms with van der Waals surface area (Å²) >= 11 is 0. The lowest BCUT2D eigenvalue weighted by molar-refractivity contribution is 0.0684. The highest BCUT2D eigenvalue weighted by molar-refractivity contribution is 6.04. The monoisotopic (exact) mass is 330 g/mol. The van der Waals surface area contributed by atoms with Crippen molar-refractivity contribution in [1.82, 2.24) is 0 Å². The van der Waals surface area contributed by atoms with E-state index >= 15 is 0 Å². The molecule has 0 fully saturated rings. The van der Waals surface area contributed by atoms with Crippen LogP contribution in [0.2, 0.25) is 0 Å². The van der Waals surface area contributed by atoms with Crippen molar-refractivity contribution in [2.24, 2.45) is 11.5 Å². The van der Waals surface area contributed by atoms with Gasteiger partial charge in [-0.05, 0) is 36.4 Å². The van der Waals surface area contributed by atoms with Crippen LogP contribution in [-0.4, -0.2) is 34.0 Å². The Balaban J connectivity index is 0.000000240. The van der Waals surface area contributed by atoms with Gasteiger partial charge >= 0.3 is 11.9 Å². The number of hydrogen-bond acceptors (Lipinski definition) is 4. The molecular weight excluding hydrogens is 316 g/mol. The van der Waals surface area contributed by atoms with Crippen molar-refractivity contribution in [3.8, 4) is 0 Å². The van der Waals surface area contributed by atoms with Crippen LogP contribution in [-0.2, 0) is 0 Å². The van der Waals surface area contributed by atoms with Gasteiger partial charge in [0.15, 0.2) is 0 Å². The summed E-state index contributed by atoms with van der Waals surface area (Å²) in [5.41, 5.74) is 10.3. The predicted molar refractivity (Wildman–Crippen MR) is 83.8 cm³/mol. The number of carbonyl (C=O) groups excluding carboxylic acids is 2. The van der Waals surface area contributed by atoms with Gasteiger partial charge in [-0.2, -0.15) is 0 Å². The first-order chi connectivity index (χ1) is 11.2. The molecule has 0 aromatic heterocycles. The SMILES string of the molecule is NC(=O)c1ccc(C(=O)O)cc1.NC(=O)c1ccccc1C(=O)O. The fraction of sp³-hybridized carbons (Fsp3) is 0. The van der Waals surface area contributed by atoms with E-state index in [0.29, 0.717) is 5.56 Å². The maximum absolute atomic E-state index is 10.7. The summed E-state index contributed by atoms with van der Waals surface area (Å²) in [4.78, 5) is 42.1. The van der Waals surface area contributed by atoms with E-state index in [-0.39, 0.29) is 16.7 Å². The third-order valence-electron chi connectivity index (χ3n) is 2.84. The van der Waals surface area contributed by atoms with E-state index in [9.17, 15) is 19.2 Å². The molecular formula is C16H14N2O6. The van der Waals surface area contributed by atoms with Gasteiger partial charge in [0.25, 0.3) is 0 Å². The van der Waals surface area contributed by atoms with Crippen LogP contribution in [0.1, 0.15) is 41.4 Å². The Kier molecular flexibility index (Phi) is 6.19. The molecule has 2 aromatic rings. The maximum Gasteiger partial charge on any atom is 0.336 e. The van der Waals surface area contributed by atoms with Gasteiger partial charge in [-0.3, -0.25) is 9.59 Å². The Morgan fingerprint density at radius 2 is 1.08 bits per heavy atom. The Morgan fingerprint density at radius 3 is 1.42 bits per heavy atom. The molecule has 0 aliphatic carbocycles. The number of amides is 2. The molecule has 124 valence electrons. The van der Waals surface area contributed by atoms with E-state index < -0.39 is 23.8 Å². The molecule has 0 unspecified atom stereocenters.